The average molecular weight is 543 g/mol. The lowest BCUT2D eigenvalue weighted by molar-refractivity contribution is -0.135. The molecule has 0 aliphatic carbocycles. The Labute approximate surface area is 230 Å². The van der Waals surface area contributed by atoms with Gasteiger partial charge >= 0.3 is 18.0 Å². The Morgan fingerprint density at radius 1 is 0.789 bits per heavy atom. The summed E-state index contributed by atoms with van der Waals surface area (Å²) in [6.45, 7) is 8.47. The zero-order valence-corrected chi connectivity index (χ0v) is 23.2. The van der Waals surface area contributed by atoms with Crippen LogP contribution >= 0.6 is 12.4 Å². The van der Waals surface area contributed by atoms with E-state index in [0.29, 0.717) is 13.1 Å². The van der Waals surface area contributed by atoms with E-state index < -0.39 is 11.6 Å². The molecule has 0 bridgehead atoms. The highest BCUT2D eigenvalue weighted by atomic mass is 35.5. The number of hydrogen-bond donors (Lipinski definition) is 1. The van der Waals surface area contributed by atoms with Gasteiger partial charge in [0.2, 0.25) is 0 Å². The number of nitrogens with zero attached hydrogens (tertiary/aromatic N) is 1. The van der Waals surface area contributed by atoms with E-state index in [2.05, 4.69) is 26.9 Å². The molecule has 0 unspecified atom stereocenters. The highest BCUT2D eigenvalue weighted by Gasteiger charge is 2.27. The lowest BCUT2D eigenvalue weighted by Crippen LogP contribution is -2.33. The molecule has 1 N–H and O–H groups in total. The van der Waals surface area contributed by atoms with E-state index >= 15 is 0 Å². The number of methoxy groups -OCH3 is 2. The second kappa shape index (κ2) is 13.8. The maximum atomic E-state index is 12.1. The van der Waals surface area contributed by atoms with Crippen LogP contribution in [-0.2, 0) is 50.0 Å². The molecule has 0 radical (unpaired) electrons. The summed E-state index contributed by atoms with van der Waals surface area (Å²) < 4.78 is 14.5. The third kappa shape index (κ3) is 9.04. The molecule has 2 heterocycles. The molecule has 9 heteroatoms. The zero-order chi connectivity index (χ0) is 27.0. The smallest absolute Gasteiger partial charge is 0.410 e. The molecule has 8 nitrogen and oxygen atoms in total. The Morgan fingerprint density at radius 2 is 1.29 bits per heavy atom. The first-order chi connectivity index (χ1) is 17.6. The maximum Gasteiger partial charge on any atom is 0.410 e. The minimum absolute atomic E-state index is 0. The summed E-state index contributed by atoms with van der Waals surface area (Å²) in [7, 11) is 2.72. The predicted octanol–water partition coefficient (Wildman–Crippen LogP) is 5.02. The topological polar surface area (TPSA) is 94.2 Å². The second-order valence-corrected chi connectivity index (χ2v) is 9.71. The molecule has 38 heavy (non-hydrogen) atoms. The van der Waals surface area contributed by atoms with Crippen molar-refractivity contribution in [1.29, 1.82) is 0 Å². The quantitative estimate of drug-likeness (QED) is 0.329. The number of carbonyl (C=O) groups is 3. The van der Waals surface area contributed by atoms with Gasteiger partial charge in [-0.2, -0.15) is 0 Å². The normalized spacial score (nSPS) is 13.8. The van der Waals surface area contributed by atoms with Gasteiger partial charge in [-0.3, -0.25) is 4.90 Å². The number of fused-ring (bicyclic) bond motifs is 2. The number of nitrogens with one attached hydrogen (secondary N) is 1. The van der Waals surface area contributed by atoms with Crippen molar-refractivity contribution in [3.8, 4) is 0 Å². The first-order valence-corrected chi connectivity index (χ1v) is 12.0. The summed E-state index contributed by atoms with van der Waals surface area (Å²) in [5.74, 6) is -0.718. The van der Waals surface area contributed by atoms with Crippen LogP contribution in [0.1, 0.15) is 54.2 Å². The van der Waals surface area contributed by atoms with Crippen molar-refractivity contribution in [3.05, 3.63) is 81.9 Å². The van der Waals surface area contributed by atoms with Crippen LogP contribution in [0.2, 0.25) is 0 Å². The Balaban J connectivity index is 0.000000277. The number of halogens is 1. The van der Waals surface area contributed by atoms with Gasteiger partial charge in [0.25, 0.3) is 0 Å². The highest BCUT2D eigenvalue weighted by Crippen LogP contribution is 2.26. The fourth-order valence-electron chi connectivity index (χ4n) is 3.86. The molecule has 0 fully saturated rings. The van der Waals surface area contributed by atoms with Crippen molar-refractivity contribution < 1.29 is 28.6 Å². The monoisotopic (exact) mass is 542 g/mol. The van der Waals surface area contributed by atoms with Crippen LogP contribution in [0.5, 0.6) is 0 Å². The minimum Gasteiger partial charge on any atom is -0.466 e. The van der Waals surface area contributed by atoms with Gasteiger partial charge in [-0.05, 0) is 72.4 Å². The molecule has 2 aromatic rings. The number of rotatable bonds is 4. The number of benzene rings is 2. The van der Waals surface area contributed by atoms with Crippen molar-refractivity contribution in [2.24, 2.45) is 0 Å². The molecule has 0 atom stereocenters. The summed E-state index contributed by atoms with van der Waals surface area (Å²) in [6.07, 6.45) is 5.97. The number of esters is 2. The van der Waals surface area contributed by atoms with Gasteiger partial charge in [-0.25, -0.2) is 14.4 Å². The molecular formula is C29H35ClN2O6. The van der Waals surface area contributed by atoms with E-state index in [9.17, 15) is 14.4 Å². The summed E-state index contributed by atoms with van der Waals surface area (Å²) in [5.41, 5.74) is 6.24. The molecule has 204 valence electrons. The SMILES string of the molecule is COC(=O)/C=C/c1ccc2c(c1)CN(C(=O)OC(C)(C)C)C2.COC(=O)/C=C/c1ccc2c(c1)CNC2.Cl. The van der Waals surface area contributed by atoms with E-state index in [0.717, 1.165) is 35.3 Å². The molecule has 2 aromatic carbocycles. The molecule has 2 aliphatic heterocycles. The predicted molar refractivity (Wildman–Crippen MR) is 148 cm³/mol. The van der Waals surface area contributed by atoms with Crippen LogP contribution in [0.3, 0.4) is 0 Å². The zero-order valence-electron chi connectivity index (χ0n) is 22.4. The van der Waals surface area contributed by atoms with Crippen LogP contribution < -0.4 is 5.32 Å². The molecule has 0 spiro atoms. The van der Waals surface area contributed by atoms with Gasteiger partial charge in [-0.1, -0.05) is 30.3 Å². The Hall–Kier alpha value is -3.62. The van der Waals surface area contributed by atoms with E-state index in [1.165, 1.54) is 37.5 Å². The molecule has 2 aliphatic rings. The summed E-state index contributed by atoms with van der Waals surface area (Å²) >= 11 is 0. The minimum atomic E-state index is -0.500. The van der Waals surface area contributed by atoms with Gasteiger partial charge in [0.1, 0.15) is 5.60 Å². The largest absolute Gasteiger partial charge is 0.466 e. The van der Waals surface area contributed by atoms with Gasteiger partial charge < -0.3 is 19.5 Å². The number of ether oxygens (including phenoxy) is 3. The molecule has 0 saturated heterocycles. The Bertz CT molecular complexity index is 1220. The molecule has 0 aromatic heterocycles. The van der Waals surface area contributed by atoms with Crippen molar-refractivity contribution >= 4 is 42.6 Å². The number of hydrogen-bond acceptors (Lipinski definition) is 7. The van der Waals surface area contributed by atoms with Crippen molar-refractivity contribution in [2.45, 2.75) is 52.6 Å². The summed E-state index contributed by atoms with van der Waals surface area (Å²) in [5, 5.41) is 3.28. The highest BCUT2D eigenvalue weighted by molar-refractivity contribution is 5.87. The van der Waals surface area contributed by atoms with Gasteiger partial charge in [-0.15, -0.1) is 12.4 Å². The van der Waals surface area contributed by atoms with Crippen LogP contribution in [-0.4, -0.2) is 42.8 Å². The van der Waals surface area contributed by atoms with E-state index in [1.54, 1.807) is 17.1 Å². The first kappa shape index (κ1) is 30.6. The van der Waals surface area contributed by atoms with Crippen molar-refractivity contribution in [1.82, 2.24) is 10.2 Å². The van der Waals surface area contributed by atoms with Crippen molar-refractivity contribution in [2.75, 3.05) is 14.2 Å². The van der Waals surface area contributed by atoms with Crippen molar-refractivity contribution in [3.63, 3.8) is 0 Å². The molecule has 0 saturated carbocycles. The first-order valence-electron chi connectivity index (χ1n) is 12.0. The standard InChI is InChI=1S/C17H21NO4.C12H13NO2.ClH/c1-17(2,3)22-16(20)18-10-13-7-5-12(9-14(13)11-18)6-8-15(19)21-4;1-15-12(14)5-3-9-2-4-10-7-13-8-11(10)6-9;/h5-9H,10-11H2,1-4H3;2-6,13H,7-8H2,1H3;1H/b8-6+;5-3+;. The van der Waals surface area contributed by atoms with Crippen LogP contribution in [0.15, 0.2) is 48.6 Å². The Morgan fingerprint density at radius 3 is 1.84 bits per heavy atom. The van der Waals surface area contributed by atoms with Crippen LogP contribution in [0.25, 0.3) is 12.2 Å². The molecular weight excluding hydrogens is 508 g/mol. The molecule has 1 amide bonds. The van der Waals surface area contributed by atoms with E-state index in [1.807, 2.05) is 45.0 Å². The third-order valence-electron chi connectivity index (χ3n) is 5.69. The van der Waals surface area contributed by atoms with E-state index in [4.69, 9.17) is 4.74 Å². The van der Waals surface area contributed by atoms with Crippen LogP contribution in [0, 0.1) is 0 Å². The van der Waals surface area contributed by atoms with Gasteiger partial charge in [0.15, 0.2) is 0 Å². The van der Waals surface area contributed by atoms with Gasteiger partial charge in [0, 0.05) is 38.3 Å². The molecule has 4 rings (SSSR count). The third-order valence-corrected chi connectivity index (χ3v) is 5.69. The maximum absolute atomic E-state index is 12.1. The lowest BCUT2D eigenvalue weighted by Gasteiger charge is -2.24. The number of amides is 1. The van der Waals surface area contributed by atoms with E-state index in [-0.39, 0.29) is 24.5 Å². The average Bonchev–Trinajstić information content (AvgIpc) is 3.51. The van der Waals surface area contributed by atoms with Gasteiger partial charge in [0.05, 0.1) is 14.2 Å². The second-order valence-electron chi connectivity index (χ2n) is 9.71. The lowest BCUT2D eigenvalue weighted by atomic mass is 10.1. The summed E-state index contributed by atoms with van der Waals surface area (Å²) in [4.78, 5) is 35.8. The fourth-order valence-corrected chi connectivity index (χ4v) is 3.86. The fraction of sp³-hybridized carbons (Fsp3) is 0.345. The van der Waals surface area contributed by atoms with Crippen LogP contribution in [0.4, 0.5) is 4.79 Å². The summed E-state index contributed by atoms with van der Waals surface area (Å²) in [6, 6.07) is 12.0. The Kier molecular flexibility index (Phi) is 11.1. The number of carbonyl (C=O) groups excluding carboxylic acids is 3.